The number of amides is 1. The van der Waals surface area contributed by atoms with E-state index >= 15 is 0 Å². The lowest BCUT2D eigenvalue weighted by molar-refractivity contribution is -0.220. The molecule has 52 heavy (non-hydrogen) atoms. The molecule has 0 bridgehead atoms. The van der Waals surface area contributed by atoms with Crippen LogP contribution < -0.4 is 5.32 Å². The fraction of sp³-hybridized carbons (Fsp3) is 0.921. The Morgan fingerprint density at radius 2 is 1.10 bits per heavy atom. The second-order valence-corrected chi connectivity index (χ2v) is 16.1. The van der Waals surface area contributed by atoms with Crippen LogP contribution in [0.4, 0.5) is 0 Å². The minimum atomic E-state index is -5.12. The number of carbonyl (C=O) groups excluding carboxylic acids is 1. The predicted octanol–water partition coefficient (Wildman–Crippen LogP) is 5.08. The molecule has 1 aliphatic carbocycles. The van der Waals surface area contributed by atoms with Crippen molar-refractivity contribution in [3.8, 4) is 0 Å². The van der Waals surface area contributed by atoms with Crippen LogP contribution in [-0.4, -0.2) is 108 Å². The Kier molecular flexibility index (Phi) is 27.7. The number of unbranched alkanes of at least 4 members (excludes halogenated alkanes) is 19. The molecule has 1 aliphatic rings. The molecule has 308 valence electrons. The average molecular weight is 768 g/mol. The van der Waals surface area contributed by atoms with E-state index in [4.69, 9.17) is 9.05 Å². The van der Waals surface area contributed by atoms with Gasteiger partial charge in [-0.05, 0) is 19.3 Å². The van der Waals surface area contributed by atoms with Crippen LogP contribution in [0, 0.1) is 0 Å². The molecular formula is C38H74NO12P. The molecule has 9 N–H and O–H groups in total. The zero-order chi connectivity index (χ0) is 38.8. The van der Waals surface area contributed by atoms with Gasteiger partial charge in [0.25, 0.3) is 0 Å². The summed E-state index contributed by atoms with van der Waals surface area (Å²) in [5.74, 6) is -0.597. The van der Waals surface area contributed by atoms with Gasteiger partial charge in [0.05, 0.1) is 31.3 Å². The van der Waals surface area contributed by atoms with Crippen LogP contribution in [0.5, 0.6) is 0 Å². The fourth-order valence-electron chi connectivity index (χ4n) is 6.47. The van der Waals surface area contributed by atoms with Gasteiger partial charge in [-0.1, -0.05) is 148 Å². The van der Waals surface area contributed by atoms with E-state index in [1.165, 1.54) is 89.5 Å². The molecule has 1 fully saturated rings. The Hall–Kier alpha value is -0.960. The normalized spacial score (nSPS) is 25.2. The van der Waals surface area contributed by atoms with Crippen LogP contribution in [0.15, 0.2) is 12.2 Å². The first-order valence-corrected chi connectivity index (χ1v) is 21.7. The van der Waals surface area contributed by atoms with Crippen molar-refractivity contribution >= 4 is 13.7 Å². The van der Waals surface area contributed by atoms with E-state index < -0.39 is 75.2 Å². The Morgan fingerprint density at radius 3 is 1.58 bits per heavy atom. The monoisotopic (exact) mass is 767 g/mol. The number of hydrogen-bond acceptors (Lipinski definition) is 11. The number of aliphatic hydroxyl groups is 7. The number of aliphatic hydroxyl groups excluding tert-OH is 7. The Morgan fingerprint density at radius 1 is 0.673 bits per heavy atom. The van der Waals surface area contributed by atoms with Gasteiger partial charge in [-0.3, -0.25) is 13.8 Å². The molecule has 0 aromatic carbocycles. The standard InChI is InChI=1S/C38H74NO12P/c1-3-5-7-9-11-12-13-14-15-16-17-18-20-22-24-26-31(41)30(39-32(42)27-29(40)25-23-21-19-10-8-6-4-2)28-50-52(48,49)51-38-36(46)34(44)33(43)35(45)37(38)47/h24,26,29-31,33-38,40-41,43-47H,3-23,25,27-28H2,1-2H3,(H,39,42)(H,48,49)/b26-24+. The molecule has 1 saturated carbocycles. The van der Waals surface area contributed by atoms with Crippen molar-refractivity contribution < 1.29 is 59.0 Å². The van der Waals surface area contributed by atoms with E-state index in [-0.39, 0.29) is 6.42 Å². The van der Waals surface area contributed by atoms with Crippen molar-refractivity contribution in [3.63, 3.8) is 0 Å². The van der Waals surface area contributed by atoms with Gasteiger partial charge < -0.3 is 46.0 Å². The summed E-state index contributed by atoms with van der Waals surface area (Å²) < 4.78 is 22.7. The van der Waals surface area contributed by atoms with E-state index in [0.29, 0.717) is 12.8 Å². The molecule has 0 aromatic rings. The first-order chi connectivity index (χ1) is 24.8. The number of carbonyl (C=O) groups is 1. The molecule has 0 saturated heterocycles. The lowest BCUT2D eigenvalue weighted by atomic mass is 9.85. The highest BCUT2D eigenvalue weighted by atomic mass is 31.2. The Bertz CT molecular complexity index is 958. The van der Waals surface area contributed by atoms with Crippen LogP contribution in [0.2, 0.25) is 0 Å². The van der Waals surface area contributed by atoms with Crippen LogP contribution >= 0.6 is 7.82 Å². The van der Waals surface area contributed by atoms with Crippen LogP contribution in [0.25, 0.3) is 0 Å². The number of phosphoric ester groups is 1. The second-order valence-electron chi connectivity index (χ2n) is 14.7. The zero-order valence-corrected chi connectivity index (χ0v) is 32.9. The quantitative estimate of drug-likeness (QED) is 0.0248. The number of phosphoric acid groups is 1. The summed E-state index contributed by atoms with van der Waals surface area (Å²) >= 11 is 0. The Balaban J connectivity index is 2.63. The summed E-state index contributed by atoms with van der Waals surface area (Å²) in [6, 6.07) is -1.23. The van der Waals surface area contributed by atoms with E-state index in [2.05, 4.69) is 19.2 Å². The number of rotatable bonds is 32. The largest absolute Gasteiger partial charge is 0.472 e. The van der Waals surface area contributed by atoms with E-state index in [1.807, 2.05) is 0 Å². The van der Waals surface area contributed by atoms with Gasteiger partial charge in [0, 0.05) is 0 Å². The van der Waals surface area contributed by atoms with Crippen molar-refractivity contribution in [1.29, 1.82) is 0 Å². The van der Waals surface area contributed by atoms with E-state index in [9.17, 15) is 50.0 Å². The summed E-state index contributed by atoms with van der Waals surface area (Å²) in [5.41, 5.74) is 0. The van der Waals surface area contributed by atoms with Gasteiger partial charge in [-0.15, -0.1) is 0 Å². The van der Waals surface area contributed by atoms with Gasteiger partial charge in [0.2, 0.25) is 5.91 Å². The summed E-state index contributed by atoms with van der Waals surface area (Å²) in [7, 11) is -5.12. The maximum absolute atomic E-state index is 12.8. The van der Waals surface area contributed by atoms with Gasteiger partial charge in [0.15, 0.2) is 0 Å². The molecule has 13 nitrogen and oxygen atoms in total. The number of nitrogens with one attached hydrogen (secondary N) is 1. The number of hydrogen-bond donors (Lipinski definition) is 9. The third kappa shape index (κ3) is 21.8. The topological polar surface area (TPSA) is 226 Å². The van der Waals surface area contributed by atoms with Crippen molar-refractivity contribution in [2.45, 2.75) is 216 Å². The number of allylic oxidation sites excluding steroid dienone is 1. The highest BCUT2D eigenvalue weighted by Gasteiger charge is 2.51. The van der Waals surface area contributed by atoms with Crippen LogP contribution in [0.3, 0.4) is 0 Å². The van der Waals surface area contributed by atoms with E-state index in [1.54, 1.807) is 6.08 Å². The molecular weight excluding hydrogens is 693 g/mol. The predicted molar refractivity (Wildman–Crippen MR) is 201 cm³/mol. The van der Waals surface area contributed by atoms with Gasteiger partial charge in [-0.25, -0.2) is 4.57 Å². The minimum absolute atomic E-state index is 0.242. The fourth-order valence-corrected chi connectivity index (χ4v) is 7.44. The van der Waals surface area contributed by atoms with E-state index in [0.717, 1.165) is 44.9 Å². The molecule has 14 heteroatoms. The zero-order valence-electron chi connectivity index (χ0n) is 32.0. The third-order valence-corrected chi connectivity index (χ3v) is 10.9. The molecule has 1 amide bonds. The maximum atomic E-state index is 12.8. The molecule has 0 spiro atoms. The van der Waals surface area contributed by atoms with Gasteiger partial charge >= 0.3 is 7.82 Å². The van der Waals surface area contributed by atoms with Gasteiger partial charge in [0.1, 0.15) is 36.6 Å². The summed E-state index contributed by atoms with van der Waals surface area (Å²) in [4.78, 5) is 23.2. The first-order valence-electron chi connectivity index (χ1n) is 20.2. The van der Waals surface area contributed by atoms with Crippen LogP contribution in [0.1, 0.15) is 162 Å². The molecule has 0 aliphatic heterocycles. The van der Waals surface area contributed by atoms with Crippen molar-refractivity contribution in [3.05, 3.63) is 12.2 Å². The average Bonchev–Trinajstić information content (AvgIpc) is 3.11. The SMILES string of the molecule is CCCCCCCCCCCCCCC/C=C/C(O)C(COP(=O)(O)OC1C(O)C(O)C(O)C(O)C1O)NC(=O)CC(O)CCCCCCCCC. The second kappa shape index (κ2) is 29.3. The van der Waals surface area contributed by atoms with Crippen molar-refractivity contribution in [2.24, 2.45) is 0 Å². The summed E-state index contributed by atoms with van der Waals surface area (Å²) in [6.07, 6.45) is 13.4. The minimum Gasteiger partial charge on any atom is -0.393 e. The molecule has 1 rings (SSSR count). The van der Waals surface area contributed by atoms with Crippen LogP contribution in [-0.2, 0) is 18.4 Å². The lowest BCUT2D eigenvalue weighted by Gasteiger charge is -2.41. The third-order valence-electron chi connectivity index (χ3n) is 9.87. The maximum Gasteiger partial charge on any atom is 0.472 e. The molecule has 8 unspecified atom stereocenters. The highest BCUT2D eigenvalue weighted by molar-refractivity contribution is 7.47. The van der Waals surface area contributed by atoms with Gasteiger partial charge in [-0.2, -0.15) is 0 Å². The Labute approximate surface area is 312 Å². The lowest BCUT2D eigenvalue weighted by Crippen LogP contribution is -2.64. The summed E-state index contributed by atoms with van der Waals surface area (Å²) in [6.45, 7) is 3.66. The molecule has 0 heterocycles. The first kappa shape index (κ1) is 49.1. The molecule has 0 aromatic heterocycles. The van der Waals surface area contributed by atoms with Crippen molar-refractivity contribution in [2.75, 3.05) is 6.61 Å². The smallest absolute Gasteiger partial charge is 0.393 e. The van der Waals surface area contributed by atoms with Crippen molar-refractivity contribution in [1.82, 2.24) is 5.32 Å². The summed E-state index contributed by atoms with van der Waals surface area (Å²) in [5, 5.41) is 73.9. The highest BCUT2D eigenvalue weighted by Crippen LogP contribution is 2.47. The molecule has 8 atom stereocenters. The molecule has 0 radical (unpaired) electrons.